The van der Waals surface area contributed by atoms with Crippen LogP contribution in [0.2, 0.25) is 0 Å². The third kappa shape index (κ3) is 8.01. The van der Waals surface area contributed by atoms with E-state index in [1.807, 2.05) is 0 Å². The van der Waals surface area contributed by atoms with Gasteiger partial charge < -0.3 is 15.4 Å². The molecule has 0 bridgehead atoms. The molecule has 0 heterocycles. The Morgan fingerprint density at radius 1 is 1.50 bits per heavy atom. The summed E-state index contributed by atoms with van der Waals surface area (Å²) in [4.78, 5) is 11.2. The maximum Gasteiger partial charge on any atom is 0.234 e. The minimum Gasteiger partial charge on any atom is -0.383 e. The van der Waals surface area contributed by atoms with Crippen LogP contribution >= 0.6 is 0 Å². The molecule has 1 atom stereocenters. The van der Waals surface area contributed by atoms with Crippen molar-refractivity contribution < 1.29 is 9.53 Å². The summed E-state index contributed by atoms with van der Waals surface area (Å²) in [6.07, 6.45) is 2.24. The largest absolute Gasteiger partial charge is 0.383 e. The van der Waals surface area contributed by atoms with Gasteiger partial charge in [0.15, 0.2) is 0 Å². The topological polar surface area (TPSA) is 50.4 Å². The van der Waals surface area contributed by atoms with Crippen molar-refractivity contribution >= 4 is 5.91 Å². The van der Waals surface area contributed by atoms with Gasteiger partial charge >= 0.3 is 0 Å². The number of ether oxygens (including phenoxy) is 1. The molecule has 1 amide bonds. The lowest BCUT2D eigenvalue weighted by Crippen LogP contribution is -2.39. The summed E-state index contributed by atoms with van der Waals surface area (Å²) in [5, 5.41) is 5.91. The smallest absolute Gasteiger partial charge is 0.234 e. The molecule has 4 nitrogen and oxygen atoms in total. The van der Waals surface area contributed by atoms with Crippen LogP contribution in [0.3, 0.4) is 0 Å². The first-order valence-electron chi connectivity index (χ1n) is 5.19. The highest BCUT2D eigenvalue weighted by Crippen LogP contribution is 1.93. The summed E-state index contributed by atoms with van der Waals surface area (Å²) < 4.78 is 4.82. The first kappa shape index (κ1) is 13.4. The average Bonchev–Trinajstić information content (AvgIpc) is 2.16. The predicted molar refractivity (Wildman–Crippen MR) is 57.3 cm³/mol. The van der Waals surface area contributed by atoms with Crippen molar-refractivity contribution in [2.75, 3.05) is 26.8 Å². The van der Waals surface area contributed by atoms with Crippen LogP contribution < -0.4 is 10.6 Å². The monoisotopic (exact) mass is 202 g/mol. The fourth-order valence-electron chi connectivity index (χ4n) is 1.16. The number of rotatable bonds is 8. The second-order valence-corrected chi connectivity index (χ2v) is 3.41. The van der Waals surface area contributed by atoms with Crippen LogP contribution in [0.1, 0.15) is 26.7 Å². The van der Waals surface area contributed by atoms with Crippen LogP contribution in [0.4, 0.5) is 0 Å². The molecule has 14 heavy (non-hydrogen) atoms. The molecule has 0 saturated heterocycles. The molecule has 0 fully saturated rings. The lowest BCUT2D eigenvalue weighted by atomic mass is 10.2. The van der Waals surface area contributed by atoms with Crippen LogP contribution in [-0.2, 0) is 9.53 Å². The van der Waals surface area contributed by atoms with E-state index >= 15 is 0 Å². The molecule has 2 N–H and O–H groups in total. The fourth-order valence-corrected chi connectivity index (χ4v) is 1.16. The highest BCUT2D eigenvalue weighted by Gasteiger charge is 2.03. The Labute approximate surface area is 86.4 Å². The third-order valence-electron chi connectivity index (χ3n) is 1.96. The van der Waals surface area contributed by atoms with E-state index in [1.54, 1.807) is 7.11 Å². The van der Waals surface area contributed by atoms with Gasteiger partial charge in [-0.05, 0) is 13.3 Å². The maximum absolute atomic E-state index is 11.2. The second-order valence-electron chi connectivity index (χ2n) is 3.41. The molecule has 1 unspecified atom stereocenters. The maximum atomic E-state index is 11.2. The van der Waals surface area contributed by atoms with E-state index in [9.17, 15) is 4.79 Å². The number of carbonyl (C=O) groups excluding carboxylic acids is 1. The number of nitrogens with one attached hydrogen (secondary N) is 2. The minimum atomic E-state index is 0.0324. The van der Waals surface area contributed by atoms with Crippen molar-refractivity contribution in [2.45, 2.75) is 32.7 Å². The molecule has 0 aliphatic rings. The van der Waals surface area contributed by atoms with Gasteiger partial charge in [0.1, 0.15) is 0 Å². The Balaban J connectivity index is 3.34. The molecule has 0 aromatic carbocycles. The quantitative estimate of drug-likeness (QED) is 0.564. The van der Waals surface area contributed by atoms with Crippen molar-refractivity contribution in [1.29, 1.82) is 0 Å². The average molecular weight is 202 g/mol. The van der Waals surface area contributed by atoms with Crippen LogP contribution in [0.15, 0.2) is 0 Å². The molecule has 0 aromatic rings. The van der Waals surface area contributed by atoms with Crippen molar-refractivity contribution in [3.05, 3.63) is 0 Å². The molecule has 0 spiro atoms. The molecule has 0 aliphatic heterocycles. The van der Waals surface area contributed by atoms with E-state index in [0.29, 0.717) is 25.7 Å². The number of amides is 1. The Morgan fingerprint density at radius 3 is 2.79 bits per heavy atom. The number of hydrogen-bond donors (Lipinski definition) is 2. The van der Waals surface area contributed by atoms with Crippen LogP contribution in [0.25, 0.3) is 0 Å². The van der Waals surface area contributed by atoms with E-state index < -0.39 is 0 Å². The van der Waals surface area contributed by atoms with Gasteiger partial charge in [-0.25, -0.2) is 0 Å². The molecule has 4 heteroatoms. The lowest BCUT2D eigenvalue weighted by Gasteiger charge is -2.12. The van der Waals surface area contributed by atoms with Gasteiger partial charge in [0, 0.05) is 19.7 Å². The van der Waals surface area contributed by atoms with Gasteiger partial charge in [0.05, 0.1) is 13.2 Å². The van der Waals surface area contributed by atoms with Gasteiger partial charge in [0.2, 0.25) is 5.91 Å². The van der Waals surface area contributed by atoms with Crippen molar-refractivity contribution in [2.24, 2.45) is 0 Å². The van der Waals surface area contributed by atoms with Crippen LogP contribution in [-0.4, -0.2) is 38.8 Å². The first-order valence-corrected chi connectivity index (χ1v) is 5.19. The van der Waals surface area contributed by atoms with Gasteiger partial charge in [0.25, 0.3) is 0 Å². The Hall–Kier alpha value is -0.610. The van der Waals surface area contributed by atoms with Crippen LogP contribution in [0, 0.1) is 0 Å². The Kier molecular flexibility index (Phi) is 8.57. The Bertz CT molecular complexity index is 151. The molecule has 0 radical (unpaired) electrons. The summed E-state index contributed by atoms with van der Waals surface area (Å²) in [7, 11) is 1.62. The predicted octanol–water partition coefficient (Wildman–Crippen LogP) is 0.527. The molecular formula is C10H22N2O2. The molecule has 0 saturated carbocycles. The van der Waals surface area contributed by atoms with Crippen molar-refractivity contribution in [3.63, 3.8) is 0 Å². The van der Waals surface area contributed by atoms with Crippen LogP contribution in [0.5, 0.6) is 0 Å². The zero-order chi connectivity index (χ0) is 10.8. The second kappa shape index (κ2) is 8.97. The van der Waals surface area contributed by atoms with E-state index in [-0.39, 0.29) is 5.91 Å². The highest BCUT2D eigenvalue weighted by atomic mass is 16.5. The zero-order valence-corrected chi connectivity index (χ0v) is 9.43. The van der Waals surface area contributed by atoms with Gasteiger partial charge in [-0.15, -0.1) is 0 Å². The molecule has 0 aromatic heterocycles. The van der Waals surface area contributed by atoms with E-state index in [4.69, 9.17) is 4.74 Å². The van der Waals surface area contributed by atoms with Crippen molar-refractivity contribution in [1.82, 2.24) is 10.6 Å². The first-order chi connectivity index (χ1) is 6.70. The summed E-state index contributed by atoms with van der Waals surface area (Å²) >= 11 is 0. The number of hydrogen-bond acceptors (Lipinski definition) is 3. The van der Waals surface area contributed by atoms with Crippen molar-refractivity contribution in [3.8, 4) is 0 Å². The van der Waals surface area contributed by atoms with E-state index in [1.165, 1.54) is 0 Å². The summed E-state index contributed by atoms with van der Waals surface area (Å²) in [6.45, 7) is 5.77. The Morgan fingerprint density at radius 2 is 2.21 bits per heavy atom. The van der Waals surface area contributed by atoms with Gasteiger partial charge in [-0.2, -0.15) is 0 Å². The minimum absolute atomic E-state index is 0.0324. The van der Waals surface area contributed by atoms with E-state index in [0.717, 1.165) is 12.8 Å². The SMILES string of the molecule is CCCC(C)NCC(=O)NCCOC. The number of carbonyl (C=O) groups is 1. The van der Waals surface area contributed by atoms with Gasteiger partial charge in [-0.1, -0.05) is 13.3 Å². The molecule has 0 aliphatic carbocycles. The highest BCUT2D eigenvalue weighted by molar-refractivity contribution is 5.77. The third-order valence-corrected chi connectivity index (χ3v) is 1.96. The normalized spacial score (nSPS) is 12.5. The van der Waals surface area contributed by atoms with Gasteiger partial charge in [-0.3, -0.25) is 4.79 Å². The fraction of sp³-hybridized carbons (Fsp3) is 0.900. The summed E-state index contributed by atoms with van der Waals surface area (Å²) in [5.74, 6) is 0.0324. The standard InChI is InChI=1S/C10H22N2O2/c1-4-5-9(2)12-8-10(13)11-6-7-14-3/h9,12H,4-8H2,1-3H3,(H,11,13). The number of methoxy groups -OCH3 is 1. The molecule has 84 valence electrons. The summed E-state index contributed by atoms with van der Waals surface area (Å²) in [5.41, 5.74) is 0. The molecule has 0 rings (SSSR count). The zero-order valence-electron chi connectivity index (χ0n) is 9.43. The molecular weight excluding hydrogens is 180 g/mol. The summed E-state index contributed by atoms with van der Waals surface area (Å²) in [6, 6.07) is 0.410. The lowest BCUT2D eigenvalue weighted by molar-refractivity contribution is -0.120. The van der Waals surface area contributed by atoms with E-state index in [2.05, 4.69) is 24.5 Å².